The number of urea groups is 1. The minimum absolute atomic E-state index is 0.0570. The van der Waals surface area contributed by atoms with Gasteiger partial charge in [-0.15, -0.1) is 0 Å². The molecule has 2 fully saturated rings. The van der Waals surface area contributed by atoms with Gasteiger partial charge in [-0.1, -0.05) is 24.3 Å². The van der Waals surface area contributed by atoms with Crippen LogP contribution in [0.15, 0.2) is 24.3 Å². The van der Waals surface area contributed by atoms with E-state index >= 15 is 0 Å². The largest absolute Gasteiger partial charge is 0.395 e. The van der Waals surface area contributed by atoms with Crippen LogP contribution in [0.3, 0.4) is 0 Å². The Morgan fingerprint density at radius 1 is 0.933 bits per heavy atom. The number of unbranched alkanes of at least 4 members (excludes halogenated alkanes) is 1. The number of aliphatic hydroxyl groups is 2. The van der Waals surface area contributed by atoms with E-state index in [0.717, 1.165) is 90.1 Å². The van der Waals surface area contributed by atoms with Crippen molar-refractivity contribution < 1.29 is 15.0 Å². The number of nitrogens with one attached hydrogen (secondary N) is 1. The smallest absolute Gasteiger partial charge is 0.317 e. The molecule has 0 radical (unpaired) electrons. The van der Waals surface area contributed by atoms with Gasteiger partial charge in [0.2, 0.25) is 0 Å². The fourth-order valence-corrected chi connectivity index (χ4v) is 4.62. The highest BCUT2D eigenvalue weighted by atomic mass is 16.3. The predicted molar refractivity (Wildman–Crippen MR) is 119 cm³/mol. The molecule has 1 aromatic carbocycles. The Morgan fingerprint density at radius 2 is 1.60 bits per heavy atom. The van der Waals surface area contributed by atoms with Gasteiger partial charge < -0.3 is 25.3 Å². The van der Waals surface area contributed by atoms with E-state index in [2.05, 4.69) is 21.2 Å². The first-order chi connectivity index (χ1) is 14.7. The van der Waals surface area contributed by atoms with Crippen LogP contribution in [-0.4, -0.2) is 96.5 Å². The summed E-state index contributed by atoms with van der Waals surface area (Å²) in [6.45, 7) is 8.68. The normalized spacial score (nSPS) is 19.2. The van der Waals surface area contributed by atoms with E-state index in [1.54, 1.807) is 0 Å². The SMILES string of the molecule is O=C(NCCCCN1CCN(CCO)CC1)N1CCC(c2ccccc2CO)CC1. The van der Waals surface area contributed by atoms with E-state index in [0.29, 0.717) is 5.92 Å². The van der Waals surface area contributed by atoms with Crippen LogP contribution in [0.25, 0.3) is 0 Å². The standard InChI is InChI=1S/C23H38N4O3/c28-18-17-26-15-13-25(14-16-26)10-4-3-9-24-23(30)27-11-7-20(8-12-27)22-6-2-1-5-21(22)19-29/h1-2,5-6,20,28-29H,3-4,7-19H2,(H,24,30). The highest BCUT2D eigenvalue weighted by Gasteiger charge is 2.24. The van der Waals surface area contributed by atoms with E-state index in [1.165, 1.54) is 5.56 Å². The number of piperidine rings is 1. The molecule has 2 aliphatic rings. The molecule has 0 atom stereocenters. The molecule has 0 bridgehead atoms. The number of aliphatic hydroxyl groups excluding tert-OH is 2. The van der Waals surface area contributed by atoms with Crippen LogP contribution in [0.1, 0.15) is 42.7 Å². The molecule has 7 nitrogen and oxygen atoms in total. The lowest BCUT2D eigenvalue weighted by Gasteiger charge is -2.34. The minimum atomic E-state index is 0.0570. The average Bonchev–Trinajstić information content (AvgIpc) is 2.80. The number of β-amino-alcohol motifs (C(OH)–C–C–N with tert-alkyl or cyclic N) is 1. The van der Waals surface area contributed by atoms with Crippen LogP contribution >= 0.6 is 0 Å². The van der Waals surface area contributed by atoms with Crippen LogP contribution in [0.5, 0.6) is 0 Å². The zero-order valence-electron chi connectivity index (χ0n) is 18.1. The molecule has 2 saturated heterocycles. The monoisotopic (exact) mass is 418 g/mol. The summed E-state index contributed by atoms with van der Waals surface area (Å²) in [5, 5.41) is 21.6. The zero-order valence-corrected chi connectivity index (χ0v) is 18.1. The molecule has 0 aliphatic carbocycles. The molecule has 2 amide bonds. The van der Waals surface area contributed by atoms with Crippen molar-refractivity contribution in [1.29, 1.82) is 0 Å². The summed E-state index contributed by atoms with van der Waals surface area (Å²) in [7, 11) is 0. The van der Waals surface area contributed by atoms with E-state index in [9.17, 15) is 9.90 Å². The third-order valence-corrected chi connectivity index (χ3v) is 6.51. The number of benzene rings is 1. The first-order valence-electron chi connectivity index (χ1n) is 11.5. The molecule has 0 aromatic heterocycles. The summed E-state index contributed by atoms with van der Waals surface area (Å²) in [6, 6.07) is 8.15. The molecule has 2 heterocycles. The summed E-state index contributed by atoms with van der Waals surface area (Å²) in [5.41, 5.74) is 2.24. The number of piperazine rings is 1. The fourth-order valence-electron chi connectivity index (χ4n) is 4.62. The fraction of sp³-hybridized carbons (Fsp3) is 0.696. The van der Waals surface area contributed by atoms with Crippen LogP contribution < -0.4 is 5.32 Å². The van der Waals surface area contributed by atoms with Crippen molar-refractivity contribution in [3.63, 3.8) is 0 Å². The van der Waals surface area contributed by atoms with Gasteiger partial charge in [-0.05, 0) is 49.3 Å². The van der Waals surface area contributed by atoms with Gasteiger partial charge in [-0.3, -0.25) is 4.90 Å². The second-order valence-corrected chi connectivity index (χ2v) is 8.46. The van der Waals surface area contributed by atoms with Crippen molar-refractivity contribution in [1.82, 2.24) is 20.0 Å². The van der Waals surface area contributed by atoms with Crippen molar-refractivity contribution in [2.24, 2.45) is 0 Å². The maximum atomic E-state index is 12.5. The number of rotatable bonds is 9. The third-order valence-electron chi connectivity index (χ3n) is 6.51. The van der Waals surface area contributed by atoms with Gasteiger partial charge in [-0.2, -0.15) is 0 Å². The Labute approximate surface area is 180 Å². The van der Waals surface area contributed by atoms with Gasteiger partial charge >= 0.3 is 6.03 Å². The maximum absolute atomic E-state index is 12.5. The summed E-state index contributed by atoms with van der Waals surface area (Å²) >= 11 is 0. The van der Waals surface area contributed by atoms with Crippen molar-refractivity contribution in [3.05, 3.63) is 35.4 Å². The van der Waals surface area contributed by atoms with Gasteiger partial charge in [0.25, 0.3) is 0 Å². The predicted octanol–water partition coefficient (Wildman–Crippen LogP) is 1.46. The van der Waals surface area contributed by atoms with Gasteiger partial charge in [0, 0.05) is 52.4 Å². The van der Waals surface area contributed by atoms with Crippen molar-refractivity contribution in [2.45, 2.75) is 38.2 Å². The van der Waals surface area contributed by atoms with Crippen LogP contribution in [0.4, 0.5) is 4.79 Å². The second kappa shape index (κ2) is 12.2. The first-order valence-corrected chi connectivity index (χ1v) is 11.5. The number of amides is 2. The molecule has 3 rings (SSSR count). The Morgan fingerprint density at radius 3 is 2.27 bits per heavy atom. The molecular weight excluding hydrogens is 380 g/mol. The molecule has 7 heteroatoms. The number of hydrogen-bond donors (Lipinski definition) is 3. The molecule has 2 aliphatic heterocycles. The average molecular weight is 419 g/mol. The molecule has 3 N–H and O–H groups in total. The highest BCUT2D eigenvalue weighted by Crippen LogP contribution is 2.30. The number of carbonyl (C=O) groups is 1. The van der Waals surface area contributed by atoms with Crippen LogP contribution in [0, 0.1) is 0 Å². The lowest BCUT2D eigenvalue weighted by molar-refractivity contribution is 0.111. The van der Waals surface area contributed by atoms with Crippen molar-refractivity contribution in [3.8, 4) is 0 Å². The topological polar surface area (TPSA) is 79.3 Å². The lowest BCUT2D eigenvalue weighted by atomic mass is 9.87. The van der Waals surface area contributed by atoms with Crippen LogP contribution in [0.2, 0.25) is 0 Å². The number of hydrogen-bond acceptors (Lipinski definition) is 5. The lowest BCUT2D eigenvalue weighted by Crippen LogP contribution is -2.47. The zero-order chi connectivity index (χ0) is 21.2. The summed E-state index contributed by atoms with van der Waals surface area (Å²) < 4.78 is 0. The highest BCUT2D eigenvalue weighted by molar-refractivity contribution is 5.74. The Hall–Kier alpha value is -1.67. The van der Waals surface area contributed by atoms with E-state index < -0.39 is 0 Å². The van der Waals surface area contributed by atoms with Gasteiger partial charge in [0.05, 0.1) is 13.2 Å². The van der Waals surface area contributed by atoms with Gasteiger partial charge in [0.15, 0.2) is 0 Å². The molecule has 0 unspecified atom stereocenters. The Bertz CT molecular complexity index is 641. The number of likely N-dealkylation sites (tertiary alicyclic amines) is 1. The van der Waals surface area contributed by atoms with Crippen LogP contribution in [-0.2, 0) is 6.61 Å². The number of nitrogens with zero attached hydrogens (tertiary/aromatic N) is 3. The van der Waals surface area contributed by atoms with Crippen molar-refractivity contribution in [2.75, 3.05) is 65.5 Å². The van der Waals surface area contributed by atoms with Gasteiger partial charge in [0.1, 0.15) is 0 Å². The third kappa shape index (κ3) is 6.67. The molecule has 168 valence electrons. The number of carbonyl (C=O) groups excluding carboxylic acids is 1. The maximum Gasteiger partial charge on any atom is 0.317 e. The summed E-state index contributed by atoms with van der Waals surface area (Å²) in [4.78, 5) is 19.2. The van der Waals surface area contributed by atoms with E-state index in [1.807, 2.05) is 23.1 Å². The molecular formula is C23H38N4O3. The van der Waals surface area contributed by atoms with Crippen molar-refractivity contribution >= 4 is 6.03 Å². The second-order valence-electron chi connectivity index (χ2n) is 8.46. The Kier molecular flexibility index (Phi) is 9.39. The Balaban J connectivity index is 1.27. The molecule has 1 aromatic rings. The summed E-state index contributed by atoms with van der Waals surface area (Å²) in [5.74, 6) is 0.426. The van der Waals surface area contributed by atoms with E-state index in [4.69, 9.17) is 5.11 Å². The molecule has 0 spiro atoms. The molecule has 0 saturated carbocycles. The quantitative estimate of drug-likeness (QED) is 0.529. The summed E-state index contributed by atoms with van der Waals surface area (Å²) in [6.07, 6.45) is 4.00. The first kappa shape index (κ1) is 23.0. The van der Waals surface area contributed by atoms with Gasteiger partial charge in [-0.25, -0.2) is 4.79 Å². The molecule has 30 heavy (non-hydrogen) atoms. The van der Waals surface area contributed by atoms with E-state index in [-0.39, 0.29) is 19.2 Å². The minimum Gasteiger partial charge on any atom is -0.395 e.